The van der Waals surface area contributed by atoms with Gasteiger partial charge in [0.2, 0.25) is 0 Å². The zero-order valence-corrected chi connectivity index (χ0v) is 8.93. The van der Waals surface area contributed by atoms with Gasteiger partial charge in [0, 0.05) is 16.1 Å². The summed E-state index contributed by atoms with van der Waals surface area (Å²) < 4.78 is 0. The maximum atomic E-state index is 10.3. The van der Waals surface area contributed by atoms with Crippen LogP contribution < -0.4 is 0 Å². The van der Waals surface area contributed by atoms with E-state index >= 15 is 0 Å². The minimum atomic E-state index is -1.000. The van der Waals surface area contributed by atoms with Gasteiger partial charge >= 0.3 is 5.97 Å². The summed E-state index contributed by atoms with van der Waals surface area (Å²) >= 11 is 11.6. The van der Waals surface area contributed by atoms with Crippen LogP contribution in [0.4, 0.5) is 0 Å². The molecule has 0 fully saturated rings. The fourth-order valence-electron chi connectivity index (χ4n) is 1.000. The summed E-state index contributed by atoms with van der Waals surface area (Å²) in [7, 11) is 0. The quantitative estimate of drug-likeness (QED) is 0.792. The Balaban J connectivity index is 3.14. The highest BCUT2D eigenvalue weighted by molar-refractivity contribution is 6.35. The van der Waals surface area contributed by atoms with Crippen LogP contribution >= 0.6 is 23.2 Å². The fourth-order valence-corrected chi connectivity index (χ4v) is 1.51. The Morgan fingerprint density at radius 2 is 2.07 bits per heavy atom. The van der Waals surface area contributed by atoms with Gasteiger partial charge in [-0.2, -0.15) is 0 Å². The van der Waals surface area contributed by atoms with Crippen LogP contribution in [-0.4, -0.2) is 11.1 Å². The number of aliphatic carboxylic acids is 1. The molecule has 74 valence electrons. The van der Waals surface area contributed by atoms with Crippen molar-refractivity contribution in [2.75, 3.05) is 0 Å². The summed E-state index contributed by atoms with van der Waals surface area (Å²) in [4.78, 5) is 10.3. The Morgan fingerprint density at radius 1 is 1.43 bits per heavy atom. The number of carboxylic acid groups (broad SMARTS) is 1. The van der Waals surface area contributed by atoms with Crippen LogP contribution in [0.5, 0.6) is 0 Å². The molecule has 0 radical (unpaired) electrons. The first-order chi connectivity index (χ1) is 6.50. The number of benzene rings is 1. The van der Waals surface area contributed by atoms with E-state index in [2.05, 4.69) is 0 Å². The lowest BCUT2D eigenvalue weighted by atomic mass is 10.1. The lowest BCUT2D eigenvalue weighted by molar-refractivity contribution is -0.131. The molecule has 1 N–H and O–H groups in total. The van der Waals surface area contributed by atoms with Gasteiger partial charge in [0.1, 0.15) is 0 Å². The number of carboxylic acids is 1. The van der Waals surface area contributed by atoms with Crippen LogP contribution in [0, 0.1) is 6.92 Å². The van der Waals surface area contributed by atoms with Crippen molar-refractivity contribution in [1.82, 2.24) is 0 Å². The van der Waals surface area contributed by atoms with Crippen molar-refractivity contribution >= 4 is 35.2 Å². The molecular weight excluding hydrogens is 223 g/mol. The van der Waals surface area contributed by atoms with Crippen molar-refractivity contribution in [1.29, 1.82) is 0 Å². The monoisotopic (exact) mass is 230 g/mol. The predicted octanol–water partition coefficient (Wildman–Crippen LogP) is 3.40. The Hall–Kier alpha value is -0.990. The molecule has 0 spiro atoms. The predicted molar refractivity (Wildman–Crippen MR) is 57.9 cm³/mol. The maximum absolute atomic E-state index is 10.3. The van der Waals surface area contributed by atoms with Gasteiger partial charge in [-0.25, -0.2) is 4.79 Å². The Labute approximate surface area is 91.8 Å². The van der Waals surface area contributed by atoms with E-state index in [1.807, 2.05) is 0 Å². The Morgan fingerprint density at radius 3 is 2.64 bits per heavy atom. The topological polar surface area (TPSA) is 37.3 Å². The third-order valence-electron chi connectivity index (χ3n) is 1.75. The summed E-state index contributed by atoms with van der Waals surface area (Å²) in [5.74, 6) is -1.000. The van der Waals surface area contributed by atoms with Gasteiger partial charge < -0.3 is 5.11 Å². The molecule has 4 heteroatoms. The van der Waals surface area contributed by atoms with E-state index in [9.17, 15) is 4.79 Å². The van der Waals surface area contributed by atoms with Crippen molar-refractivity contribution in [2.45, 2.75) is 6.92 Å². The lowest BCUT2D eigenvalue weighted by Gasteiger charge is -2.03. The van der Waals surface area contributed by atoms with Crippen molar-refractivity contribution < 1.29 is 9.90 Å². The second kappa shape index (κ2) is 4.49. The molecule has 0 amide bonds. The SMILES string of the molecule is Cc1c(Cl)cc(Cl)cc1C=CC(=O)O. The van der Waals surface area contributed by atoms with Gasteiger partial charge in [0.25, 0.3) is 0 Å². The molecule has 0 bridgehead atoms. The zero-order valence-electron chi connectivity index (χ0n) is 7.42. The van der Waals surface area contributed by atoms with Gasteiger partial charge in [-0.3, -0.25) is 0 Å². The minimum Gasteiger partial charge on any atom is -0.478 e. The normalized spacial score (nSPS) is 10.8. The van der Waals surface area contributed by atoms with E-state index in [0.29, 0.717) is 15.6 Å². The molecule has 1 rings (SSSR count). The minimum absolute atomic E-state index is 0.491. The molecular formula is C10H8Cl2O2. The molecule has 2 nitrogen and oxygen atoms in total. The lowest BCUT2D eigenvalue weighted by Crippen LogP contribution is -1.88. The fraction of sp³-hybridized carbons (Fsp3) is 0.100. The molecule has 1 aromatic carbocycles. The standard InChI is InChI=1S/C10H8Cl2O2/c1-6-7(2-3-10(13)14)4-8(11)5-9(6)12/h2-5H,1H3,(H,13,14). The van der Waals surface area contributed by atoms with Gasteiger partial charge in [0.15, 0.2) is 0 Å². The summed E-state index contributed by atoms with van der Waals surface area (Å²) in [5.41, 5.74) is 1.53. The molecule has 0 aliphatic carbocycles. The van der Waals surface area contributed by atoms with Gasteiger partial charge in [-0.1, -0.05) is 23.2 Å². The molecule has 0 unspecified atom stereocenters. The van der Waals surface area contributed by atoms with Gasteiger partial charge in [-0.05, 0) is 36.3 Å². The average molecular weight is 231 g/mol. The second-order valence-electron chi connectivity index (χ2n) is 2.77. The number of halogens is 2. The van der Waals surface area contributed by atoms with E-state index in [0.717, 1.165) is 11.6 Å². The second-order valence-corrected chi connectivity index (χ2v) is 3.62. The van der Waals surface area contributed by atoms with Crippen LogP contribution in [0.1, 0.15) is 11.1 Å². The first kappa shape index (κ1) is 11.1. The highest BCUT2D eigenvalue weighted by Gasteiger charge is 2.02. The molecule has 14 heavy (non-hydrogen) atoms. The first-order valence-electron chi connectivity index (χ1n) is 3.87. The molecule has 0 saturated heterocycles. The van der Waals surface area contributed by atoms with Crippen LogP contribution in [0.25, 0.3) is 6.08 Å². The summed E-state index contributed by atoms with van der Waals surface area (Å²) in [6.07, 6.45) is 2.52. The van der Waals surface area contributed by atoms with Gasteiger partial charge in [-0.15, -0.1) is 0 Å². The molecule has 0 heterocycles. The number of hydrogen-bond donors (Lipinski definition) is 1. The average Bonchev–Trinajstić information content (AvgIpc) is 2.08. The summed E-state index contributed by atoms with van der Waals surface area (Å²) in [6, 6.07) is 3.29. The molecule has 1 aromatic rings. The van der Waals surface area contributed by atoms with E-state index in [1.54, 1.807) is 19.1 Å². The zero-order chi connectivity index (χ0) is 10.7. The van der Waals surface area contributed by atoms with E-state index < -0.39 is 5.97 Å². The Kier molecular flexibility index (Phi) is 3.55. The Bertz CT molecular complexity index is 397. The van der Waals surface area contributed by atoms with Crippen LogP contribution in [0.3, 0.4) is 0 Å². The van der Waals surface area contributed by atoms with Gasteiger partial charge in [0.05, 0.1) is 0 Å². The largest absolute Gasteiger partial charge is 0.478 e. The van der Waals surface area contributed by atoms with E-state index in [-0.39, 0.29) is 0 Å². The molecule has 0 aliphatic heterocycles. The van der Waals surface area contributed by atoms with E-state index in [1.165, 1.54) is 6.08 Å². The summed E-state index contributed by atoms with van der Waals surface area (Å²) in [6.45, 7) is 1.81. The number of hydrogen-bond acceptors (Lipinski definition) is 1. The molecule has 0 saturated carbocycles. The van der Waals surface area contributed by atoms with Crippen molar-refractivity contribution in [3.63, 3.8) is 0 Å². The number of carbonyl (C=O) groups is 1. The smallest absolute Gasteiger partial charge is 0.328 e. The molecule has 0 atom stereocenters. The molecule has 0 aliphatic rings. The van der Waals surface area contributed by atoms with Crippen LogP contribution in [-0.2, 0) is 4.79 Å². The first-order valence-corrected chi connectivity index (χ1v) is 4.63. The van der Waals surface area contributed by atoms with E-state index in [4.69, 9.17) is 28.3 Å². The highest BCUT2D eigenvalue weighted by Crippen LogP contribution is 2.25. The highest BCUT2D eigenvalue weighted by atomic mass is 35.5. The van der Waals surface area contributed by atoms with Crippen molar-refractivity contribution in [3.8, 4) is 0 Å². The van der Waals surface area contributed by atoms with Crippen molar-refractivity contribution in [3.05, 3.63) is 39.4 Å². The maximum Gasteiger partial charge on any atom is 0.328 e. The summed E-state index contributed by atoms with van der Waals surface area (Å²) in [5, 5.41) is 9.47. The molecule has 0 aromatic heterocycles. The van der Waals surface area contributed by atoms with Crippen LogP contribution in [0.15, 0.2) is 18.2 Å². The third-order valence-corrected chi connectivity index (χ3v) is 2.37. The number of rotatable bonds is 2. The van der Waals surface area contributed by atoms with Crippen molar-refractivity contribution in [2.24, 2.45) is 0 Å². The third kappa shape index (κ3) is 2.76. The van der Waals surface area contributed by atoms with Crippen LogP contribution in [0.2, 0.25) is 10.0 Å².